The number of para-hydroxylation sites is 1. The third kappa shape index (κ3) is 4.19. The Morgan fingerprint density at radius 1 is 0.839 bits per heavy atom. The minimum Gasteiger partial charge on any atom is -0.365 e. The van der Waals surface area contributed by atoms with Crippen molar-refractivity contribution in [3.8, 4) is 11.1 Å². The fraction of sp³-hybridized carbons (Fsp3) is 0.222. The van der Waals surface area contributed by atoms with Crippen LogP contribution in [0.15, 0.2) is 91.4 Å². The second-order valence-corrected chi connectivity index (χ2v) is 8.08. The van der Waals surface area contributed by atoms with Gasteiger partial charge in [-0.1, -0.05) is 54.6 Å². The maximum Gasteiger partial charge on any atom is 0.0950 e. The number of imidazole rings is 1. The van der Waals surface area contributed by atoms with Crippen molar-refractivity contribution in [2.45, 2.75) is 26.6 Å². The van der Waals surface area contributed by atoms with E-state index in [0.29, 0.717) is 0 Å². The van der Waals surface area contributed by atoms with E-state index in [9.17, 15) is 0 Å². The summed E-state index contributed by atoms with van der Waals surface area (Å²) < 4.78 is 2.14. The summed E-state index contributed by atoms with van der Waals surface area (Å²) >= 11 is 0. The summed E-state index contributed by atoms with van der Waals surface area (Å²) in [6.07, 6.45) is 4.10. The van der Waals surface area contributed by atoms with Gasteiger partial charge in [0.25, 0.3) is 0 Å². The monoisotopic (exact) mass is 408 g/mol. The van der Waals surface area contributed by atoms with E-state index in [1.807, 2.05) is 6.33 Å². The van der Waals surface area contributed by atoms with Gasteiger partial charge < -0.3 is 14.4 Å². The molecule has 1 aromatic heterocycles. The highest BCUT2D eigenvalue weighted by Crippen LogP contribution is 2.32. The van der Waals surface area contributed by atoms with E-state index in [0.717, 1.165) is 38.4 Å². The van der Waals surface area contributed by atoms with E-state index in [1.54, 1.807) is 0 Å². The summed E-state index contributed by atoms with van der Waals surface area (Å²) in [6, 6.07) is 28.3. The number of benzene rings is 3. The van der Waals surface area contributed by atoms with Crippen LogP contribution in [0.1, 0.15) is 18.2 Å². The Bertz CT molecular complexity index is 1130. The molecule has 0 saturated heterocycles. The summed E-state index contributed by atoms with van der Waals surface area (Å²) in [5.74, 6) is 0. The molecule has 1 aliphatic rings. The summed E-state index contributed by atoms with van der Waals surface area (Å²) in [6.45, 7) is 6.77. The van der Waals surface area contributed by atoms with Crippen molar-refractivity contribution in [3.63, 3.8) is 0 Å². The Morgan fingerprint density at radius 2 is 1.61 bits per heavy atom. The van der Waals surface area contributed by atoms with Crippen molar-refractivity contribution in [3.05, 3.63) is 103 Å². The average molecular weight is 409 g/mol. The lowest BCUT2D eigenvalue weighted by atomic mass is 10.0. The third-order valence-corrected chi connectivity index (χ3v) is 6.05. The van der Waals surface area contributed by atoms with E-state index in [-0.39, 0.29) is 0 Å². The first-order valence-corrected chi connectivity index (χ1v) is 11.0. The molecule has 0 radical (unpaired) electrons. The van der Waals surface area contributed by atoms with Gasteiger partial charge in [-0.25, -0.2) is 4.98 Å². The molecule has 1 aliphatic heterocycles. The summed E-state index contributed by atoms with van der Waals surface area (Å²) in [7, 11) is 0. The van der Waals surface area contributed by atoms with Crippen LogP contribution in [0, 0.1) is 0 Å². The van der Waals surface area contributed by atoms with Crippen molar-refractivity contribution in [1.82, 2.24) is 9.55 Å². The quantitative estimate of drug-likeness (QED) is 0.430. The zero-order valence-corrected chi connectivity index (χ0v) is 18.0. The van der Waals surface area contributed by atoms with E-state index in [1.165, 1.54) is 28.1 Å². The van der Waals surface area contributed by atoms with Crippen molar-refractivity contribution in [2.24, 2.45) is 0 Å². The molecule has 0 spiro atoms. The van der Waals surface area contributed by atoms with Crippen LogP contribution < -0.4 is 9.80 Å². The zero-order valence-electron chi connectivity index (χ0n) is 18.0. The van der Waals surface area contributed by atoms with Gasteiger partial charge in [-0.05, 0) is 47.9 Å². The molecule has 4 heteroatoms. The molecule has 2 heterocycles. The number of rotatable bonds is 5. The molecule has 4 nitrogen and oxygen atoms in total. The van der Waals surface area contributed by atoms with E-state index in [4.69, 9.17) is 0 Å². The van der Waals surface area contributed by atoms with Gasteiger partial charge in [-0.2, -0.15) is 0 Å². The predicted molar refractivity (Wildman–Crippen MR) is 128 cm³/mol. The van der Waals surface area contributed by atoms with Crippen LogP contribution in [0.3, 0.4) is 0 Å². The number of aryl methyl sites for hydroxylation is 1. The molecule has 3 aromatic carbocycles. The van der Waals surface area contributed by atoms with Gasteiger partial charge in [0, 0.05) is 43.8 Å². The number of nitrogens with zero attached hydrogens (tertiary/aromatic N) is 4. The topological polar surface area (TPSA) is 24.3 Å². The Hall–Kier alpha value is -3.53. The Morgan fingerprint density at radius 3 is 2.35 bits per heavy atom. The lowest BCUT2D eigenvalue weighted by Gasteiger charge is -2.25. The molecule has 4 aromatic rings. The van der Waals surface area contributed by atoms with Crippen LogP contribution in [0.25, 0.3) is 11.1 Å². The molecular weight excluding hydrogens is 380 g/mol. The van der Waals surface area contributed by atoms with Crippen LogP contribution in [0.5, 0.6) is 0 Å². The molecule has 0 bridgehead atoms. The van der Waals surface area contributed by atoms with Gasteiger partial charge >= 0.3 is 0 Å². The van der Waals surface area contributed by atoms with Gasteiger partial charge in [-0.3, -0.25) is 0 Å². The van der Waals surface area contributed by atoms with Gasteiger partial charge in [0.2, 0.25) is 0 Å². The number of hydrogen-bond acceptors (Lipinski definition) is 3. The number of hydrogen-bond donors (Lipinski definition) is 0. The van der Waals surface area contributed by atoms with E-state index >= 15 is 0 Å². The standard InChI is InChI=1S/C27H28N4/c1-2-29-19-25(28-21-29)20-31-16-15-30(26-11-7-4-8-12-26)18-24-17-23(13-14-27(24)31)22-9-5-3-6-10-22/h3-14,17,19,21H,2,15-16,18,20H2,1H3. The molecule has 0 atom stereocenters. The predicted octanol–water partition coefficient (Wildman–Crippen LogP) is 5.60. The molecule has 5 rings (SSSR count). The van der Waals surface area contributed by atoms with Crippen LogP contribution in [-0.2, 0) is 19.6 Å². The molecular formula is C27H28N4. The summed E-state index contributed by atoms with van der Waals surface area (Å²) in [4.78, 5) is 9.60. The van der Waals surface area contributed by atoms with E-state index < -0.39 is 0 Å². The Kier molecular flexibility index (Phi) is 5.44. The summed E-state index contributed by atoms with van der Waals surface area (Å²) in [5.41, 5.74) is 7.59. The first-order chi connectivity index (χ1) is 15.3. The molecule has 0 amide bonds. The lowest BCUT2D eigenvalue weighted by molar-refractivity contribution is 0.744. The smallest absolute Gasteiger partial charge is 0.0950 e. The second kappa shape index (κ2) is 8.68. The Labute approximate surface area is 184 Å². The van der Waals surface area contributed by atoms with Crippen LogP contribution >= 0.6 is 0 Å². The molecule has 0 saturated carbocycles. The lowest BCUT2D eigenvalue weighted by Crippen LogP contribution is -2.31. The highest BCUT2D eigenvalue weighted by atomic mass is 15.2. The molecule has 31 heavy (non-hydrogen) atoms. The molecule has 0 fully saturated rings. The summed E-state index contributed by atoms with van der Waals surface area (Å²) in [5, 5.41) is 0. The number of aromatic nitrogens is 2. The van der Waals surface area contributed by atoms with Gasteiger partial charge in [-0.15, -0.1) is 0 Å². The first-order valence-electron chi connectivity index (χ1n) is 11.0. The van der Waals surface area contributed by atoms with Crippen molar-refractivity contribution in [2.75, 3.05) is 22.9 Å². The number of anilines is 2. The van der Waals surface area contributed by atoms with Crippen molar-refractivity contribution in [1.29, 1.82) is 0 Å². The maximum atomic E-state index is 4.63. The third-order valence-electron chi connectivity index (χ3n) is 6.05. The van der Waals surface area contributed by atoms with Gasteiger partial charge in [0.1, 0.15) is 0 Å². The van der Waals surface area contributed by atoms with Gasteiger partial charge in [0.15, 0.2) is 0 Å². The number of fused-ring (bicyclic) bond motifs is 1. The van der Waals surface area contributed by atoms with E-state index in [2.05, 4.69) is 111 Å². The van der Waals surface area contributed by atoms with Crippen molar-refractivity contribution >= 4 is 11.4 Å². The molecule has 0 N–H and O–H groups in total. The minimum atomic E-state index is 0.827. The largest absolute Gasteiger partial charge is 0.365 e. The van der Waals surface area contributed by atoms with Gasteiger partial charge in [0.05, 0.1) is 18.6 Å². The normalized spacial score (nSPS) is 13.7. The fourth-order valence-corrected chi connectivity index (χ4v) is 4.36. The highest BCUT2D eigenvalue weighted by Gasteiger charge is 2.21. The average Bonchev–Trinajstić information content (AvgIpc) is 3.21. The van der Waals surface area contributed by atoms with Crippen LogP contribution in [0.4, 0.5) is 11.4 Å². The molecule has 156 valence electrons. The Balaban J connectivity index is 1.52. The van der Waals surface area contributed by atoms with Crippen molar-refractivity contribution < 1.29 is 0 Å². The SMILES string of the molecule is CCn1cnc(CN2CCN(c3ccccc3)Cc3cc(-c4ccccc4)ccc32)c1. The highest BCUT2D eigenvalue weighted by molar-refractivity contribution is 5.70. The minimum absolute atomic E-state index is 0.827. The van der Waals surface area contributed by atoms with Crippen LogP contribution in [-0.4, -0.2) is 22.6 Å². The first kappa shape index (κ1) is 19.4. The van der Waals surface area contributed by atoms with Crippen LogP contribution in [0.2, 0.25) is 0 Å². The maximum absolute atomic E-state index is 4.63. The second-order valence-electron chi connectivity index (χ2n) is 8.08. The zero-order chi connectivity index (χ0) is 21.0. The molecule has 0 aliphatic carbocycles. The fourth-order valence-electron chi connectivity index (χ4n) is 4.36. The molecule has 0 unspecified atom stereocenters.